The smallest absolute Gasteiger partial charge is 0.224 e. The molecule has 0 aliphatic rings. The molecule has 3 aromatic rings. The number of nitrogens with zero attached hydrogens (tertiary/aromatic N) is 1. The molecule has 0 saturated carbocycles. The van der Waals surface area contributed by atoms with Gasteiger partial charge in [-0.1, -0.05) is 42.5 Å². The molecule has 1 aromatic heterocycles. The molecule has 1 atom stereocenters. The second-order valence-electron chi connectivity index (χ2n) is 6.03. The fraction of sp³-hybridized carbons (Fsp3) is 0.263. The topological polar surface area (TPSA) is 57.8 Å². The van der Waals surface area contributed by atoms with Crippen molar-refractivity contribution in [3.05, 3.63) is 65.5 Å². The predicted molar refractivity (Wildman–Crippen MR) is 92.3 cm³/mol. The third-order valence-electron chi connectivity index (χ3n) is 3.91. The van der Waals surface area contributed by atoms with Gasteiger partial charge >= 0.3 is 0 Å². The molecular formula is C19H21N3O. The normalized spacial score (nSPS) is 12.3. The molecule has 0 fully saturated rings. The monoisotopic (exact) mass is 307 g/mol. The number of hydrogen-bond donors (Lipinski definition) is 2. The average molecular weight is 307 g/mol. The van der Waals surface area contributed by atoms with Gasteiger partial charge in [-0.15, -0.1) is 0 Å². The molecule has 2 N–H and O–H groups in total. The van der Waals surface area contributed by atoms with E-state index >= 15 is 0 Å². The molecule has 0 bridgehead atoms. The van der Waals surface area contributed by atoms with Gasteiger partial charge in [-0.05, 0) is 36.2 Å². The fourth-order valence-corrected chi connectivity index (χ4v) is 2.89. The molecule has 1 amide bonds. The number of H-pyrrole nitrogens is 1. The lowest BCUT2D eigenvalue weighted by Gasteiger charge is -2.13. The lowest BCUT2D eigenvalue weighted by molar-refractivity contribution is -0.121. The molecule has 0 unspecified atom stereocenters. The first-order valence-electron chi connectivity index (χ1n) is 7.88. The highest BCUT2D eigenvalue weighted by Crippen LogP contribution is 2.18. The molecule has 2 aromatic carbocycles. The van der Waals surface area contributed by atoms with Crippen LogP contribution in [0.4, 0.5) is 0 Å². The Hall–Kier alpha value is -2.62. The van der Waals surface area contributed by atoms with Crippen molar-refractivity contribution in [1.29, 1.82) is 0 Å². The maximum Gasteiger partial charge on any atom is 0.224 e. The van der Waals surface area contributed by atoms with Gasteiger partial charge in [0.05, 0.1) is 12.1 Å². The van der Waals surface area contributed by atoms with Crippen LogP contribution in [0.1, 0.15) is 23.9 Å². The quantitative estimate of drug-likeness (QED) is 0.760. The lowest BCUT2D eigenvalue weighted by atomic mass is 10.0. The van der Waals surface area contributed by atoms with Gasteiger partial charge in [-0.2, -0.15) is 5.10 Å². The SMILES string of the molecule is Cc1cc(C[C@@H](C)NC(=O)Cc2cccc3ccccc23)n[nH]1. The molecule has 0 radical (unpaired) electrons. The van der Waals surface area contributed by atoms with E-state index in [9.17, 15) is 4.79 Å². The van der Waals surface area contributed by atoms with Crippen LogP contribution in [0.3, 0.4) is 0 Å². The number of hydrogen-bond acceptors (Lipinski definition) is 2. The number of aryl methyl sites for hydroxylation is 1. The largest absolute Gasteiger partial charge is 0.353 e. The van der Waals surface area contributed by atoms with Crippen molar-refractivity contribution in [2.75, 3.05) is 0 Å². The molecule has 3 rings (SSSR count). The Morgan fingerprint density at radius 1 is 1.22 bits per heavy atom. The summed E-state index contributed by atoms with van der Waals surface area (Å²) in [6.07, 6.45) is 1.12. The number of aromatic amines is 1. The lowest BCUT2D eigenvalue weighted by Crippen LogP contribution is -2.35. The van der Waals surface area contributed by atoms with Crippen LogP contribution < -0.4 is 5.32 Å². The van der Waals surface area contributed by atoms with Crippen LogP contribution in [0.25, 0.3) is 10.8 Å². The van der Waals surface area contributed by atoms with Crippen molar-refractivity contribution >= 4 is 16.7 Å². The van der Waals surface area contributed by atoms with Crippen LogP contribution in [0.2, 0.25) is 0 Å². The van der Waals surface area contributed by atoms with E-state index in [-0.39, 0.29) is 11.9 Å². The Bertz CT molecular complexity index is 817. The molecule has 118 valence electrons. The van der Waals surface area contributed by atoms with Gasteiger partial charge in [0.2, 0.25) is 5.91 Å². The van der Waals surface area contributed by atoms with Crippen LogP contribution in [0, 0.1) is 6.92 Å². The summed E-state index contributed by atoms with van der Waals surface area (Å²) < 4.78 is 0. The first kappa shape index (κ1) is 15.3. The summed E-state index contributed by atoms with van der Waals surface area (Å²) in [6.45, 7) is 3.98. The third-order valence-corrected chi connectivity index (χ3v) is 3.91. The second kappa shape index (κ2) is 6.65. The van der Waals surface area contributed by atoms with Crippen molar-refractivity contribution in [3.63, 3.8) is 0 Å². The number of nitrogens with one attached hydrogen (secondary N) is 2. The summed E-state index contributed by atoms with van der Waals surface area (Å²) in [5, 5.41) is 12.5. The fourth-order valence-electron chi connectivity index (χ4n) is 2.89. The van der Waals surface area contributed by atoms with E-state index in [0.29, 0.717) is 6.42 Å². The highest BCUT2D eigenvalue weighted by atomic mass is 16.1. The summed E-state index contributed by atoms with van der Waals surface area (Å²) in [6, 6.07) is 16.3. The van der Waals surface area contributed by atoms with Crippen molar-refractivity contribution in [2.45, 2.75) is 32.7 Å². The van der Waals surface area contributed by atoms with Gasteiger partial charge in [0.1, 0.15) is 0 Å². The Labute approximate surface area is 135 Å². The zero-order valence-corrected chi connectivity index (χ0v) is 13.5. The summed E-state index contributed by atoms with van der Waals surface area (Å²) in [4.78, 5) is 12.3. The minimum absolute atomic E-state index is 0.0427. The Morgan fingerprint density at radius 3 is 2.78 bits per heavy atom. The zero-order valence-electron chi connectivity index (χ0n) is 13.5. The Balaban J connectivity index is 1.64. The van der Waals surface area contributed by atoms with Gasteiger partial charge in [0, 0.05) is 18.2 Å². The number of aromatic nitrogens is 2. The van der Waals surface area contributed by atoms with Crippen molar-refractivity contribution in [1.82, 2.24) is 15.5 Å². The van der Waals surface area contributed by atoms with Crippen LogP contribution in [-0.4, -0.2) is 22.1 Å². The minimum Gasteiger partial charge on any atom is -0.353 e. The summed E-state index contributed by atoms with van der Waals surface area (Å²) >= 11 is 0. The average Bonchev–Trinajstić information content (AvgIpc) is 2.92. The van der Waals surface area contributed by atoms with E-state index in [2.05, 4.69) is 33.7 Å². The van der Waals surface area contributed by atoms with Crippen LogP contribution in [0.5, 0.6) is 0 Å². The van der Waals surface area contributed by atoms with Gasteiger partial charge in [-0.25, -0.2) is 0 Å². The number of fused-ring (bicyclic) bond motifs is 1. The maximum absolute atomic E-state index is 12.3. The highest BCUT2D eigenvalue weighted by molar-refractivity contribution is 5.90. The first-order valence-corrected chi connectivity index (χ1v) is 7.88. The van der Waals surface area contributed by atoms with Crippen LogP contribution in [0.15, 0.2) is 48.5 Å². The first-order chi connectivity index (χ1) is 11.1. The minimum atomic E-state index is 0.0427. The molecule has 0 aliphatic carbocycles. The Kier molecular flexibility index (Phi) is 4.42. The molecule has 0 saturated heterocycles. The van der Waals surface area contributed by atoms with E-state index in [1.165, 1.54) is 0 Å². The molecule has 4 heteroatoms. The molecule has 4 nitrogen and oxygen atoms in total. The van der Waals surface area contributed by atoms with Crippen molar-refractivity contribution in [2.24, 2.45) is 0 Å². The number of benzene rings is 2. The number of amides is 1. The van der Waals surface area contributed by atoms with Crippen molar-refractivity contribution in [3.8, 4) is 0 Å². The standard InChI is InChI=1S/C19H21N3O/c1-13(10-17-11-14(2)21-22-17)20-19(23)12-16-8-5-7-15-6-3-4-9-18(15)16/h3-9,11,13H,10,12H2,1-2H3,(H,20,23)(H,21,22)/t13-/m1/s1. The van der Waals surface area contributed by atoms with Crippen molar-refractivity contribution < 1.29 is 4.79 Å². The highest BCUT2D eigenvalue weighted by Gasteiger charge is 2.11. The van der Waals surface area contributed by atoms with Gasteiger partial charge in [0.25, 0.3) is 0 Å². The molecule has 1 heterocycles. The van der Waals surface area contributed by atoms with Gasteiger partial charge in [-0.3, -0.25) is 9.89 Å². The van der Waals surface area contributed by atoms with Gasteiger partial charge < -0.3 is 5.32 Å². The zero-order chi connectivity index (χ0) is 16.2. The van der Waals surface area contributed by atoms with Crippen LogP contribution >= 0.6 is 0 Å². The number of carbonyl (C=O) groups excluding carboxylic acids is 1. The molecular weight excluding hydrogens is 286 g/mol. The van der Waals surface area contributed by atoms with Gasteiger partial charge in [0.15, 0.2) is 0 Å². The van der Waals surface area contributed by atoms with E-state index in [4.69, 9.17) is 0 Å². The van der Waals surface area contributed by atoms with E-state index in [0.717, 1.165) is 34.1 Å². The predicted octanol–water partition coefficient (Wildman–Crippen LogP) is 3.16. The van der Waals surface area contributed by atoms with E-state index in [1.54, 1.807) is 0 Å². The van der Waals surface area contributed by atoms with Crippen LogP contribution in [-0.2, 0) is 17.6 Å². The van der Waals surface area contributed by atoms with E-state index in [1.807, 2.05) is 44.2 Å². The second-order valence-corrected chi connectivity index (χ2v) is 6.03. The molecule has 0 spiro atoms. The Morgan fingerprint density at radius 2 is 2.00 bits per heavy atom. The third kappa shape index (κ3) is 3.77. The van der Waals surface area contributed by atoms with E-state index < -0.39 is 0 Å². The summed E-state index contributed by atoms with van der Waals surface area (Å²) in [5.41, 5.74) is 3.07. The maximum atomic E-state index is 12.3. The number of rotatable bonds is 5. The number of carbonyl (C=O) groups is 1. The summed E-state index contributed by atoms with van der Waals surface area (Å²) in [7, 11) is 0. The molecule has 23 heavy (non-hydrogen) atoms. The molecule has 0 aliphatic heterocycles. The summed E-state index contributed by atoms with van der Waals surface area (Å²) in [5.74, 6) is 0.0427.